The SMILES string of the molecule is CC1(C)N=C(C=Cc2ccc(N3C=C(O)N(CC[Si](C)(C)C)S3(=O)=O)c(OCc3ccccc3)c2)OC1=O. The number of esters is 1. The lowest BCUT2D eigenvalue weighted by Crippen LogP contribution is -2.37. The number of rotatable bonds is 9. The summed E-state index contributed by atoms with van der Waals surface area (Å²) < 4.78 is 40.3. The number of hydrogen-bond acceptors (Lipinski definition) is 7. The number of aliphatic hydroxyl groups excluding tert-OH is 1. The molecule has 2 aliphatic heterocycles. The third-order valence-corrected chi connectivity index (χ3v) is 9.49. The molecule has 9 nitrogen and oxygen atoms in total. The number of cyclic esters (lactones) is 1. The Morgan fingerprint density at radius 1 is 1.11 bits per heavy atom. The van der Waals surface area contributed by atoms with Gasteiger partial charge in [0.2, 0.25) is 11.8 Å². The molecular weight excluding hydrogens is 522 g/mol. The van der Waals surface area contributed by atoms with Crippen LogP contribution in [0.15, 0.2) is 71.7 Å². The molecule has 0 amide bonds. The van der Waals surface area contributed by atoms with Crippen LogP contribution in [0.25, 0.3) is 6.08 Å². The molecule has 0 saturated heterocycles. The van der Waals surface area contributed by atoms with Crippen molar-refractivity contribution in [3.05, 3.63) is 77.8 Å². The van der Waals surface area contributed by atoms with Gasteiger partial charge in [-0.25, -0.2) is 18.4 Å². The van der Waals surface area contributed by atoms with Crippen LogP contribution in [0.1, 0.15) is 25.0 Å². The molecule has 2 aliphatic rings. The zero-order valence-electron chi connectivity index (χ0n) is 22.2. The molecule has 0 bridgehead atoms. The smallest absolute Gasteiger partial charge is 0.340 e. The molecule has 2 aromatic carbocycles. The highest BCUT2D eigenvalue weighted by molar-refractivity contribution is 7.91. The Labute approximate surface area is 224 Å². The van der Waals surface area contributed by atoms with Crippen molar-refractivity contribution in [3.63, 3.8) is 0 Å². The summed E-state index contributed by atoms with van der Waals surface area (Å²) in [5, 5.41) is 10.6. The minimum absolute atomic E-state index is 0.198. The Kier molecular flexibility index (Phi) is 7.44. The summed E-state index contributed by atoms with van der Waals surface area (Å²) in [5.74, 6) is -0.251. The van der Waals surface area contributed by atoms with Crippen LogP contribution >= 0.6 is 0 Å². The van der Waals surface area contributed by atoms with Gasteiger partial charge in [-0.2, -0.15) is 8.42 Å². The molecule has 0 fully saturated rings. The first-order chi connectivity index (χ1) is 17.8. The fraction of sp³-hybridized carbons (Fsp3) is 0.333. The van der Waals surface area contributed by atoms with Gasteiger partial charge in [0.15, 0.2) is 5.54 Å². The lowest BCUT2D eigenvalue weighted by atomic mass is 10.1. The Morgan fingerprint density at radius 2 is 1.82 bits per heavy atom. The van der Waals surface area contributed by atoms with Gasteiger partial charge in [0, 0.05) is 20.7 Å². The van der Waals surface area contributed by atoms with E-state index in [-0.39, 0.29) is 30.6 Å². The monoisotopic (exact) mass is 555 g/mol. The zero-order valence-corrected chi connectivity index (χ0v) is 24.0. The van der Waals surface area contributed by atoms with Crippen LogP contribution in [-0.4, -0.2) is 49.9 Å². The van der Waals surface area contributed by atoms with Gasteiger partial charge in [0.05, 0.1) is 6.20 Å². The third kappa shape index (κ3) is 6.11. The highest BCUT2D eigenvalue weighted by atomic mass is 32.2. The number of ether oxygens (including phenoxy) is 2. The van der Waals surface area contributed by atoms with E-state index in [9.17, 15) is 18.3 Å². The number of benzene rings is 2. The average Bonchev–Trinajstić information content (AvgIpc) is 3.23. The van der Waals surface area contributed by atoms with Crippen LogP contribution in [-0.2, 0) is 26.3 Å². The number of aliphatic imine (C=N–C) groups is 1. The van der Waals surface area contributed by atoms with Gasteiger partial charge in [-0.15, -0.1) is 0 Å². The predicted octanol–water partition coefficient (Wildman–Crippen LogP) is 5.07. The van der Waals surface area contributed by atoms with E-state index in [2.05, 4.69) is 24.6 Å². The van der Waals surface area contributed by atoms with Crippen molar-refractivity contribution < 1.29 is 27.8 Å². The molecule has 0 aliphatic carbocycles. The van der Waals surface area contributed by atoms with Gasteiger partial charge in [0.25, 0.3) is 0 Å². The summed E-state index contributed by atoms with van der Waals surface area (Å²) in [6.45, 7) is 10.2. The molecule has 0 saturated carbocycles. The normalized spacial score (nSPS) is 18.5. The molecule has 0 unspecified atom stereocenters. The van der Waals surface area contributed by atoms with Crippen molar-refractivity contribution >= 4 is 41.9 Å². The van der Waals surface area contributed by atoms with Crippen LogP contribution < -0.4 is 9.04 Å². The standard InChI is InChI=1S/C27H33N3O6SSi/c1-27(2)26(32)36-24(28-27)14-12-20-11-13-22(23(17-20)35-19-21-9-7-6-8-10-21)30-18-25(31)29(37(30,33)34)15-16-38(3,4)5/h6-14,17-18,31H,15-16,19H2,1-5H3. The van der Waals surface area contributed by atoms with E-state index < -0.39 is 29.8 Å². The first kappa shape index (κ1) is 27.5. The maximum Gasteiger partial charge on any atom is 0.340 e. The lowest BCUT2D eigenvalue weighted by Gasteiger charge is -2.25. The van der Waals surface area contributed by atoms with Gasteiger partial charge in [-0.3, -0.25) is 0 Å². The number of carbonyl (C=O) groups is 1. The van der Waals surface area contributed by atoms with Gasteiger partial charge in [-0.1, -0.05) is 56.0 Å². The van der Waals surface area contributed by atoms with E-state index in [0.717, 1.165) is 14.2 Å². The van der Waals surface area contributed by atoms with Crippen molar-refractivity contribution in [2.24, 2.45) is 4.99 Å². The number of hydrogen-bond donors (Lipinski definition) is 1. The number of nitrogens with zero attached hydrogens (tertiary/aromatic N) is 3. The maximum absolute atomic E-state index is 13.4. The molecular formula is C27H33N3O6SSi. The number of anilines is 1. The van der Waals surface area contributed by atoms with Crippen molar-refractivity contribution in [1.29, 1.82) is 0 Å². The van der Waals surface area contributed by atoms with Crippen molar-refractivity contribution in [3.8, 4) is 5.75 Å². The Balaban J connectivity index is 1.65. The second kappa shape index (κ2) is 10.3. The molecule has 2 aromatic rings. The van der Waals surface area contributed by atoms with Gasteiger partial charge in [-0.05, 0) is 49.2 Å². The average molecular weight is 556 g/mol. The number of carbonyl (C=O) groups excluding carboxylic acids is 1. The van der Waals surface area contributed by atoms with Crippen LogP contribution in [0, 0.1) is 0 Å². The largest absolute Gasteiger partial charge is 0.493 e. The van der Waals surface area contributed by atoms with Crippen LogP contribution in [0.3, 0.4) is 0 Å². The maximum atomic E-state index is 13.4. The summed E-state index contributed by atoms with van der Waals surface area (Å²) in [6.07, 6.45) is 4.49. The quantitative estimate of drug-likeness (QED) is 0.342. The van der Waals surface area contributed by atoms with Gasteiger partial charge < -0.3 is 14.6 Å². The molecule has 4 rings (SSSR count). The topological polar surface area (TPSA) is 109 Å². The van der Waals surface area contributed by atoms with E-state index >= 15 is 0 Å². The Bertz CT molecular complexity index is 1410. The summed E-state index contributed by atoms with van der Waals surface area (Å²) in [6, 6.07) is 15.2. The molecule has 1 N–H and O–H groups in total. The summed E-state index contributed by atoms with van der Waals surface area (Å²) >= 11 is 0. The molecule has 2 heterocycles. The molecule has 202 valence electrons. The van der Waals surface area contributed by atoms with Crippen molar-refractivity contribution in [2.45, 2.75) is 51.7 Å². The van der Waals surface area contributed by atoms with Crippen LogP contribution in [0.4, 0.5) is 5.69 Å². The molecule has 11 heteroatoms. The first-order valence-corrected chi connectivity index (χ1v) is 17.4. The Hall–Kier alpha value is -3.57. The third-order valence-electron chi connectivity index (χ3n) is 6.04. The first-order valence-electron chi connectivity index (χ1n) is 12.3. The van der Waals surface area contributed by atoms with E-state index in [1.54, 1.807) is 44.2 Å². The highest BCUT2D eigenvalue weighted by Gasteiger charge is 2.39. The van der Waals surface area contributed by atoms with Crippen LogP contribution in [0.5, 0.6) is 5.75 Å². The second-order valence-corrected chi connectivity index (χ2v) is 18.3. The molecule has 0 radical (unpaired) electrons. The summed E-state index contributed by atoms with van der Waals surface area (Å²) in [4.78, 5) is 16.2. The van der Waals surface area contributed by atoms with E-state index in [1.807, 2.05) is 30.3 Å². The van der Waals surface area contributed by atoms with Crippen LogP contribution in [0.2, 0.25) is 25.7 Å². The highest BCUT2D eigenvalue weighted by Crippen LogP contribution is 2.38. The molecule has 0 spiro atoms. The zero-order chi connectivity index (χ0) is 27.7. The summed E-state index contributed by atoms with van der Waals surface area (Å²) in [5.41, 5.74) is 0.924. The Morgan fingerprint density at radius 3 is 2.45 bits per heavy atom. The minimum Gasteiger partial charge on any atom is -0.493 e. The van der Waals surface area contributed by atoms with Crippen molar-refractivity contribution in [2.75, 3.05) is 10.8 Å². The van der Waals surface area contributed by atoms with E-state index in [4.69, 9.17) is 9.47 Å². The minimum atomic E-state index is -4.04. The fourth-order valence-corrected chi connectivity index (χ4v) is 6.29. The van der Waals surface area contributed by atoms with Gasteiger partial charge >= 0.3 is 16.2 Å². The predicted molar refractivity (Wildman–Crippen MR) is 151 cm³/mol. The molecule has 0 atom stereocenters. The number of aliphatic hydroxyl groups is 1. The van der Waals surface area contributed by atoms with Crippen molar-refractivity contribution in [1.82, 2.24) is 4.31 Å². The molecule has 38 heavy (non-hydrogen) atoms. The van der Waals surface area contributed by atoms with E-state index in [1.165, 1.54) is 6.20 Å². The molecule has 0 aromatic heterocycles. The van der Waals surface area contributed by atoms with E-state index in [0.29, 0.717) is 17.4 Å². The fourth-order valence-electron chi connectivity index (χ4n) is 3.79. The lowest BCUT2D eigenvalue weighted by molar-refractivity contribution is -0.137. The van der Waals surface area contributed by atoms with Gasteiger partial charge in [0.1, 0.15) is 18.0 Å². The summed E-state index contributed by atoms with van der Waals surface area (Å²) in [7, 11) is -5.60. The second-order valence-electron chi connectivity index (χ2n) is 10.9.